The highest BCUT2D eigenvalue weighted by Gasteiger charge is 2.80. The summed E-state index contributed by atoms with van der Waals surface area (Å²) >= 11 is 0. The summed E-state index contributed by atoms with van der Waals surface area (Å²) in [5.41, 5.74) is 0.814. The van der Waals surface area contributed by atoms with Crippen LogP contribution in [0.1, 0.15) is 12.0 Å². The van der Waals surface area contributed by atoms with Gasteiger partial charge < -0.3 is 19.7 Å². The highest BCUT2D eigenvalue weighted by molar-refractivity contribution is 6.08. The molecule has 1 spiro atoms. The molecular weight excluding hydrogens is 304 g/mol. The van der Waals surface area contributed by atoms with Crippen molar-refractivity contribution in [3.05, 3.63) is 29.8 Å². The molecule has 4 fully saturated rings. The van der Waals surface area contributed by atoms with E-state index in [1.807, 2.05) is 18.2 Å². The number of para-hydroxylation sites is 1. The third kappa shape index (κ3) is 1.11. The second kappa shape index (κ2) is 3.92. The molecule has 6 rings (SSSR count). The Morgan fingerprint density at radius 3 is 3.04 bits per heavy atom. The molecule has 24 heavy (non-hydrogen) atoms. The maximum absolute atomic E-state index is 13.3. The van der Waals surface area contributed by atoms with Crippen LogP contribution in [0.4, 0.5) is 5.69 Å². The fraction of sp³-hybridized carbons (Fsp3) is 0.579. The summed E-state index contributed by atoms with van der Waals surface area (Å²) in [6, 6.07) is 8.22. The number of rotatable bonds is 1. The monoisotopic (exact) mass is 324 g/mol. The van der Waals surface area contributed by atoms with E-state index in [1.165, 1.54) is 6.29 Å². The number of hydrogen-bond acceptors (Lipinski definition) is 4. The summed E-state index contributed by atoms with van der Waals surface area (Å²) in [5.74, 6) is 0.792. The molecule has 3 aliphatic heterocycles. The average Bonchev–Trinajstić information content (AvgIpc) is 3.08. The van der Waals surface area contributed by atoms with E-state index in [0.717, 1.165) is 24.2 Å². The van der Waals surface area contributed by atoms with Gasteiger partial charge in [0.25, 0.3) is 0 Å². The van der Waals surface area contributed by atoms with E-state index in [-0.39, 0.29) is 24.0 Å². The number of nitrogens with zero attached hydrogens (tertiary/aromatic N) is 1. The number of aldehydes is 1. The fourth-order valence-electron chi connectivity index (χ4n) is 7.24. The van der Waals surface area contributed by atoms with Gasteiger partial charge in [0.2, 0.25) is 5.91 Å². The molecule has 7 atom stereocenters. The Hall–Kier alpha value is -1.72. The maximum atomic E-state index is 13.3. The largest absolute Gasteiger partial charge is 0.376 e. The molecule has 5 aliphatic rings. The van der Waals surface area contributed by atoms with Gasteiger partial charge in [-0.2, -0.15) is 0 Å². The first-order valence-electron chi connectivity index (χ1n) is 8.83. The Bertz CT molecular complexity index is 795. The molecule has 5 heteroatoms. The first-order valence-corrected chi connectivity index (χ1v) is 8.83. The summed E-state index contributed by atoms with van der Waals surface area (Å²) < 4.78 is 6.25. The van der Waals surface area contributed by atoms with Crippen molar-refractivity contribution in [1.29, 1.82) is 0 Å². The summed E-state index contributed by atoms with van der Waals surface area (Å²) in [4.78, 5) is 28.0. The minimum absolute atomic E-state index is 0.0207. The van der Waals surface area contributed by atoms with Crippen molar-refractivity contribution in [3.63, 3.8) is 0 Å². The minimum Gasteiger partial charge on any atom is -0.376 e. The van der Waals surface area contributed by atoms with E-state index < -0.39 is 10.8 Å². The standard InChI is InChI=1S/C19H20N2O3/c1-21-8-18(9-22)12-6-14-19(16(18)15(21)10(12)7-24-14)11-4-2-3-5-13(11)20-17(19)23/h2-5,9-10,12,14-16H,6-8H2,1H3,(H,20,23)/t10-,12+,14+,15+,16-,18+,19-/m0/s1. The first-order chi connectivity index (χ1) is 11.6. The lowest BCUT2D eigenvalue weighted by molar-refractivity contribution is -0.163. The third-order valence-corrected chi connectivity index (χ3v) is 7.77. The SMILES string of the molecule is CN1C[C@@]2(C=O)[C@@H]3C[C@H]4OC[C@@H]3[C@@H]1[C@@H]2[C@@]41C(=O)Nc2ccccc21. The van der Waals surface area contributed by atoms with Crippen LogP contribution in [-0.2, 0) is 19.7 Å². The summed E-state index contributed by atoms with van der Waals surface area (Å²) in [5, 5.41) is 3.10. The number of anilines is 1. The van der Waals surface area contributed by atoms with Crippen LogP contribution >= 0.6 is 0 Å². The Kier molecular flexibility index (Phi) is 2.21. The van der Waals surface area contributed by atoms with Crippen LogP contribution in [-0.4, -0.2) is 49.4 Å². The topological polar surface area (TPSA) is 58.6 Å². The van der Waals surface area contributed by atoms with Crippen LogP contribution in [0, 0.1) is 23.2 Å². The van der Waals surface area contributed by atoms with Crippen molar-refractivity contribution in [1.82, 2.24) is 4.90 Å². The number of carbonyl (C=O) groups excluding carboxylic acids is 2. The highest BCUT2D eigenvalue weighted by Crippen LogP contribution is 2.72. The van der Waals surface area contributed by atoms with Gasteiger partial charge in [-0.3, -0.25) is 4.79 Å². The van der Waals surface area contributed by atoms with E-state index in [4.69, 9.17) is 4.74 Å². The quantitative estimate of drug-likeness (QED) is 0.784. The zero-order valence-corrected chi connectivity index (χ0v) is 13.6. The molecular formula is C19H20N2O3. The van der Waals surface area contributed by atoms with Gasteiger partial charge in [0.15, 0.2) is 0 Å². The fourth-order valence-corrected chi connectivity index (χ4v) is 7.24. The van der Waals surface area contributed by atoms with Gasteiger partial charge >= 0.3 is 0 Å². The van der Waals surface area contributed by atoms with Gasteiger partial charge in [-0.05, 0) is 31.0 Å². The van der Waals surface area contributed by atoms with E-state index in [9.17, 15) is 9.59 Å². The lowest BCUT2D eigenvalue weighted by atomic mass is 9.52. The highest BCUT2D eigenvalue weighted by atomic mass is 16.5. The molecule has 2 saturated carbocycles. The van der Waals surface area contributed by atoms with Crippen LogP contribution in [0.15, 0.2) is 24.3 Å². The molecule has 0 unspecified atom stereocenters. The molecule has 2 saturated heterocycles. The molecule has 124 valence electrons. The number of benzene rings is 1. The molecule has 0 radical (unpaired) electrons. The van der Waals surface area contributed by atoms with Crippen LogP contribution in [0.25, 0.3) is 0 Å². The number of ether oxygens (including phenoxy) is 1. The number of carbonyl (C=O) groups is 2. The molecule has 3 heterocycles. The van der Waals surface area contributed by atoms with Gasteiger partial charge in [0, 0.05) is 35.5 Å². The van der Waals surface area contributed by atoms with E-state index in [2.05, 4.69) is 23.3 Å². The Morgan fingerprint density at radius 1 is 1.38 bits per heavy atom. The number of fused-ring (bicyclic) bond motifs is 5. The second-order valence-corrected chi connectivity index (χ2v) is 8.31. The molecule has 5 nitrogen and oxygen atoms in total. The molecule has 1 N–H and O–H groups in total. The Morgan fingerprint density at radius 2 is 2.21 bits per heavy atom. The van der Waals surface area contributed by atoms with Gasteiger partial charge in [-0.1, -0.05) is 18.2 Å². The smallest absolute Gasteiger partial charge is 0.238 e. The van der Waals surface area contributed by atoms with Crippen molar-refractivity contribution in [2.45, 2.75) is 24.0 Å². The average molecular weight is 324 g/mol. The summed E-state index contributed by atoms with van der Waals surface area (Å²) in [6.07, 6.45) is 1.90. The molecule has 1 amide bonds. The van der Waals surface area contributed by atoms with Crippen LogP contribution in [0.5, 0.6) is 0 Å². The molecule has 5 bridgehead atoms. The van der Waals surface area contributed by atoms with Crippen LogP contribution in [0.2, 0.25) is 0 Å². The predicted octanol–water partition coefficient (Wildman–Crippen LogP) is 1.04. The first kappa shape index (κ1) is 13.6. The Balaban J connectivity index is 1.69. The number of hydrogen-bond donors (Lipinski definition) is 1. The van der Waals surface area contributed by atoms with E-state index in [1.54, 1.807) is 0 Å². The number of nitrogens with one attached hydrogen (secondary N) is 1. The lowest BCUT2D eigenvalue weighted by Crippen LogP contribution is -2.63. The third-order valence-electron chi connectivity index (χ3n) is 7.77. The molecule has 1 aromatic rings. The van der Waals surface area contributed by atoms with E-state index in [0.29, 0.717) is 18.4 Å². The Labute approximate surface area is 140 Å². The van der Waals surface area contributed by atoms with Gasteiger partial charge in [-0.25, -0.2) is 0 Å². The number of likely N-dealkylation sites (tertiary alicyclic amines) is 1. The van der Waals surface area contributed by atoms with Crippen molar-refractivity contribution in [2.75, 3.05) is 25.5 Å². The predicted molar refractivity (Wildman–Crippen MR) is 86.5 cm³/mol. The van der Waals surface area contributed by atoms with Crippen molar-refractivity contribution in [3.8, 4) is 0 Å². The summed E-state index contributed by atoms with van der Waals surface area (Å²) in [6.45, 7) is 1.45. The molecule has 1 aromatic carbocycles. The number of amides is 1. The second-order valence-electron chi connectivity index (χ2n) is 8.31. The van der Waals surface area contributed by atoms with Crippen LogP contribution < -0.4 is 5.32 Å². The normalized spacial score (nSPS) is 50.4. The summed E-state index contributed by atoms with van der Waals surface area (Å²) in [7, 11) is 2.10. The lowest BCUT2D eigenvalue weighted by Gasteiger charge is -2.53. The van der Waals surface area contributed by atoms with Crippen molar-refractivity contribution in [2.24, 2.45) is 23.2 Å². The maximum Gasteiger partial charge on any atom is 0.238 e. The minimum atomic E-state index is -0.714. The van der Waals surface area contributed by atoms with Gasteiger partial charge in [-0.15, -0.1) is 0 Å². The molecule has 0 aromatic heterocycles. The zero-order valence-electron chi connectivity index (χ0n) is 13.6. The number of piperidine rings is 1. The van der Waals surface area contributed by atoms with Crippen molar-refractivity contribution < 1.29 is 14.3 Å². The van der Waals surface area contributed by atoms with Gasteiger partial charge in [0.05, 0.1) is 12.7 Å². The van der Waals surface area contributed by atoms with Crippen molar-refractivity contribution >= 4 is 17.9 Å². The van der Waals surface area contributed by atoms with Gasteiger partial charge in [0.1, 0.15) is 11.7 Å². The van der Waals surface area contributed by atoms with Crippen LogP contribution in [0.3, 0.4) is 0 Å². The van der Waals surface area contributed by atoms with E-state index >= 15 is 0 Å². The zero-order chi connectivity index (χ0) is 16.3. The molecule has 2 aliphatic carbocycles.